The predicted molar refractivity (Wildman–Crippen MR) is 99.0 cm³/mol. The Balaban J connectivity index is 1.56. The maximum atomic E-state index is 12.3. The molecule has 4 rings (SSSR count). The second-order valence-electron chi connectivity index (χ2n) is 5.21. The molecule has 0 atom stereocenters. The molecule has 0 aliphatic rings. The van der Waals surface area contributed by atoms with Crippen LogP contribution < -0.4 is 5.56 Å². The minimum absolute atomic E-state index is 0.0771. The highest BCUT2D eigenvalue weighted by Crippen LogP contribution is 2.27. The van der Waals surface area contributed by atoms with Gasteiger partial charge in [0.15, 0.2) is 5.82 Å². The molecule has 0 aliphatic heterocycles. The Bertz CT molecular complexity index is 1060. The number of aromatic amines is 2. The predicted octanol–water partition coefficient (Wildman–Crippen LogP) is 3.74. The Morgan fingerprint density at radius 3 is 2.96 bits per heavy atom. The number of hydrogen-bond acceptors (Lipinski definition) is 7. The lowest BCUT2D eigenvalue weighted by atomic mass is 10.2. The van der Waals surface area contributed by atoms with Crippen molar-refractivity contribution < 1.29 is 0 Å². The maximum Gasteiger partial charge on any atom is 0.259 e. The van der Waals surface area contributed by atoms with Crippen LogP contribution in [0.5, 0.6) is 0 Å². The summed E-state index contributed by atoms with van der Waals surface area (Å²) in [7, 11) is 0. The molecule has 0 amide bonds. The summed E-state index contributed by atoms with van der Waals surface area (Å²) >= 11 is 4.61. The fourth-order valence-electron chi connectivity index (χ4n) is 2.33. The molecule has 24 heavy (non-hydrogen) atoms. The Labute approximate surface area is 149 Å². The zero-order valence-corrected chi connectivity index (χ0v) is 15.4. The standard InChI is InChI=1S/C15H13N5OS3/c1-7-8(2)24-14-11(7)13(21)16-10(17-14)6-23-15-18-12(19-20-15)9-4-3-5-22-9/h3-5H,6H2,1-2H3,(H,16,17,21)(H,18,19,20). The van der Waals surface area contributed by atoms with E-state index in [4.69, 9.17) is 0 Å². The number of thioether (sulfide) groups is 1. The van der Waals surface area contributed by atoms with Gasteiger partial charge in [-0.25, -0.2) is 9.97 Å². The van der Waals surface area contributed by atoms with Crippen molar-refractivity contribution in [3.63, 3.8) is 0 Å². The van der Waals surface area contributed by atoms with Gasteiger partial charge in [0.25, 0.3) is 5.56 Å². The van der Waals surface area contributed by atoms with Crippen LogP contribution in [0.4, 0.5) is 0 Å². The Hall–Kier alpha value is -1.97. The van der Waals surface area contributed by atoms with Crippen LogP contribution in [0.25, 0.3) is 20.9 Å². The van der Waals surface area contributed by atoms with Gasteiger partial charge in [0.1, 0.15) is 10.7 Å². The molecule has 2 N–H and O–H groups in total. The lowest BCUT2D eigenvalue weighted by Gasteiger charge is -1.98. The number of hydrogen-bond donors (Lipinski definition) is 2. The minimum atomic E-state index is -0.0771. The van der Waals surface area contributed by atoms with Crippen molar-refractivity contribution in [3.8, 4) is 10.7 Å². The lowest BCUT2D eigenvalue weighted by molar-refractivity contribution is 0.966. The molecule has 6 nitrogen and oxygen atoms in total. The van der Waals surface area contributed by atoms with Crippen LogP contribution in [0, 0.1) is 13.8 Å². The van der Waals surface area contributed by atoms with Crippen molar-refractivity contribution in [2.45, 2.75) is 24.8 Å². The number of fused-ring (bicyclic) bond motifs is 1. The van der Waals surface area contributed by atoms with Gasteiger partial charge in [0, 0.05) is 4.88 Å². The summed E-state index contributed by atoms with van der Waals surface area (Å²) in [5, 5.41) is 10.5. The van der Waals surface area contributed by atoms with Crippen LogP contribution in [0.2, 0.25) is 0 Å². The van der Waals surface area contributed by atoms with Gasteiger partial charge < -0.3 is 4.98 Å². The highest BCUT2D eigenvalue weighted by atomic mass is 32.2. The number of aryl methyl sites for hydroxylation is 2. The van der Waals surface area contributed by atoms with Crippen LogP contribution >= 0.6 is 34.4 Å². The molecular formula is C15H13N5OS3. The molecule has 4 aromatic rings. The summed E-state index contributed by atoms with van der Waals surface area (Å²) in [6.45, 7) is 3.97. The molecule has 4 heterocycles. The number of aromatic nitrogens is 5. The smallest absolute Gasteiger partial charge is 0.259 e. The van der Waals surface area contributed by atoms with Crippen molar-refractivity contribution in [2.75, 3.05) is 0 Å². The van der Waals surface area contributed by atoms with E-state index < -0.39 is 0 Å². The molecule has 0 radical (unpaired) electrons. The first-order valence-corrected chi connectivity index (χ1v) is 9.88. The molecule has 0 saturated carbocycles. The van der Waals surface area contributed by atoms with E-state index in [1.807, 2.05) is 31.4 Å². The van der Waals surface area contributed by atoms with Gasteiger partial charge in [-0.1, -0.05) is 17.8 Å². The largest absolute Gasteiger partial charge is 0.309 e. The Morgan fingerprint density at radius 1 is 1.29 bits per heavy atom. The topological polar surface area (TPSA) is 87.3 Å². The first-order valence-electron chi connectivity index (χ1n) is 7.20. The van der Waals surface area contributed by atoms with Crippen molar-refractivity contribution in [1.82, 2.24) is 25.1 Å². The third-order valence-corrected chi connectivity index (χ3v) is 6.48. The van der Waals surface area contributed by atoms with E-state index in [-0.39, 0.29) is 5.56 Å². The molecule has 0 bridgehead atoms. The van der Waals surface area contributed by atoms with Crippen LogP contribution in [0.15, 0.2) is 27.5 Å². The van der Waals surface area contributed by atoms with E-state index in [1.165, 1.54) is 11.8 Å². The molecule has 0 fully saturated rings. The van der Waals surface area contributed by atoms with Crippen LogP contribution in [-0.2, 0) is 5.75 Å². The average molecular weight is 376 g/mol. The molecule has 0 spiro atoms. The maximum absolute atomic E-state index is 12.3. The van der Waals surface area contributed by atoms with Crippen molar-refractivity contribution in [1.29, 1.82) is 0 Å². The first kappa shape index (κ1) is 15.6. The third-order valence-electron chi connectivity index (χ3n) is 3.65. The van der Waals surface area contributed by atoms with E-state index >= 15 is 0 Å². The number of H-pyrrole nitrogens is 2. The summed E-state index contributed by atoms with van der Waals surface area (Å²) < 4.78 is 0. The molecule has 0 saturated heterocycles. The van der Waals surface area contributed by atoms with Gasteiger partial charge in [-0.05, 0) is 30.9 Å². The minimum Gasteiger partial charge on any atom is -0.309 e. The van der Waals surface area contributed by atoms with Crippen LogP contribution in [0.1, 0.15) is 16.3 Å². The summed E-state index contributed by atoms with van der Waals surface area (Å²) in [4.78, 5) is 27.1. The summed E-state index contributed by atoms with van der Waals surface area (Å²) in [6.07, 6.45) is 0. The van der Waals surface area contributed by atoms with E-state index in [0.29, 0.717) is 22.1 Å². The first-order chi connectivity index (χ1) is 11.6. The van der Waals surface area contributed by atoms with Crippen molar-refractivity contribution in [3.05, 3.63) is 44.1 Å². The zero-order chi connectivity index (χ0) is 16.7. The van der Waals surface area contributed by atoms with Crippen LogP contribution in [0.3, 0.4) is 0 Å². The zero-order valence-electron chi connectivity index (χ0n) is 12.9. The highest BCUT2D eigenvalue weighted by Gasteiger charge is 2.13. The Kier molecular flexibility index (Phi) is 3.99. The second-order valence-corrected chi connectivity index (χ2v) is 8.30. The van der Waals surface area contributed by atoms with Gasteiger partial charge in [-0.2, -0.15) is 0 Å². The molecular weight excluding hydrogens is 362 g/mol. The normalized spacial score (nSPS) is 11.4. The number of nitrogens with one attached hydrogen (secondary N) is 2. The summed E-state index contributed by atoms with van der Waals surface area (Å²) in [5.41, 5.74) is 0.934. The van der Waals surface area contributed by atoms with Gasteiger partial charge >= 0.3 is 0 Å². The second kappa shape index (κ2) is 6.15. The average Bonchev–Trinajstić information content (AvgIpc) is 3.27. The number of thiophene rings is 2. The molecule has 0 unspecified atom stereocenters. The summed E-state index contributed by atoms with van der Waals surface area (Å²) in [6, 6.07) is 3.97. The number of rotatable bonds is 4. The van der Waals surface area contributed by atoms with E-state index in [2.05, 4.69) is 25.1 Å². The molecule has 4 aromatic heterocycles. The molecule has 0 aromatic carbocycles. The fourth-order valence-corrected chi connectivity index (χ4v) is 4.72. The monoisotopic (exact) mass is 375 g/mol. The van der Waals surface area contributed by atoms with Crippen molar-refractivity contribution in [2.24, 2.45) is 0 Å². The van der Waals surface area contributed by atoms with Crippen molar-refractivity contribution >= 4 is 44.7 Å². The summed E-state index contributed by atoms with van der Waals surface area (Å²) in [5.74, 6) is 1.92. The quantitative estimate of drug-likeness (QED) is 0.531. The van der Waals surface area contributed by atoms with E-state index in [1.54, 1.807) is 22.7 Å². The highest BCUT2D eigenvalue weighted by molar-refractivity contribution is 7.98. The fraction of sp³-hybridized carbons (Fsp3) is 0.200. The number of nitrogens with zero attached hydrogens (tertiary/aromatic N) is 3. The van der Waals surface area contributed by atoms with Gasteiger partial charge in [-0.15, -0.1) is 27.8 Å². The molecule has 122 valence electrons. The van der Waals surface area contributed by atoms with Gasteiger partial charge in [0.2, 0.25) is 5.16 Å². The van der Waals surface area contributed by atoms with Crippen LogP contribution in [-0.4, -0.2) is 25.1 Å². The van der Waals surface area contributed by atoms with E-state index in [9.17, 15) is 4.79 Å². The Morgan fingerprint density at radius 2 is 2.17 bits per heavy atom. The third kappa shape index (κ3) is 2.79. The molecule has 9 heteroatoms. The lowest BCUT2D eigenvalue weighted by Crippen LogP contribution is -2.10. The van der Waals surface area contributed by atoms with Gasteiger partial charge in [-0.3, -0.25) is 9.89 Å². The van der Waals surface area contributed by atoms with Gasteiger partial charge in [0.05, 0.1) is 16.0 Å². The molecule has 0 aliphatic carbocycles. The van der Waals surface area contributed by atoms with E-state index in [0.717, 1.165) is 26.0 Å². The SMILES string of the molecule is Cc1sc2nc(CSc3n[nH]c(-c4cccs4)n3)[nH]c(=O)c2c1C.